The van der Waals surface area contributed by atoms with Gasteiger partial charge in [-0.15, -0.1) is 11.8 Å². The van der Waals surface area contributed by atoms with Gasteiger partial charge in [0, 0.05) is 30.7 Å². The molecule has 1 aromatic carbocycles. The van der Waals surface area contributed by atoms with Crippen LogP contribution in [0.3, 0.4) is 0 Å². The lowest BCUT2D eigenvalue weighted by Gasteiger charge is -2.31. The molecule has 1 aliphatic rings. The van der Waals surface area contributed by atoms with E-state index in [9.17, 15) is 4.79 Å². The fourth-order valence-electron chi connectivity index (χ4n) is 2.15. The van der Waals surface area contributed by atoms with Gasteiger partial charge in [0.25, 0.3) is 0 Å². The molecule has 1 amide bonds. The zero-order valence-electron chi connectivity index (χ0n) is 10.3. The molecule has 0 radical (unpaired) electrons. The summed E-state index contributed by atoms with van der Waals surface area (Å²) in [4.78, 5) is 14.5. The molecule has 17 heavy (non-hydrogen) atoms. The number of hydrogen-bond acceptors (Lipinski definition) is 2. The van der Waals surface area contributed by atoms with Crippen molar-refractivity contribution in [1.82, 2.24) is 4.90 Å². The Morgan fingerprint density at radius 3 is 2.53 bits per heavy atom. The minimum Gasteiger partial charge on any atom is -0.343 e. The van der Waals surface area contributed by atoms with E-state index in [1.165, 1.54) is 10.6 Å². The van der Waals surface area contributed by atoms with Gasteiger partial charge in [0.1, 0.15) is 0 Å². The second-order valence-electron chi connectivity index (χ2n) is 4.57. The van der Waals surface area contributed by atoms with Gasteiger partial charge in [-0.1, -0.05) is 18.2 Å². The van der Waals surface area contributed by atoms with Crippen LogP contribution in [0.25, 0.3) is 0 Å². The first-order valence-electron chi connectivity index (χ1n) is 6.19. The van der Waals surface area contributed by atoms with E-state index in [1.807, 2.05) is 16.7 Å². The molecule has 92 valence electrons. The van der Waals surface area contributed by atoms with E-state index in [4.69, 9.17) is 0 Å². The Morgan fingerprint density at radius 2 is 1.94 bits per heavy atom. The van der Waals surface area contributed by atoms with E-state index >= 15 is 0 Å². The average molecular weight is 249 g/mol. The summed E-state index contributed by atoms with van der Waals surface area (Å²) in [5, 5.41) is 0. The molecular weight excluding hydrogens is 230 g/mol. The Balaban J connectivity index is 1.74. The molecule has 1 fully saturated rings. The van der Waals surface area contributed by atoms with Crippen molar-refractivity contribution < 1.29 is 4.79 Å². The van der Waals surface area contributed by atoms with Crippen molar-refractivity contribution in [2.75, 3.05) is 18.8 Å². The van der Waals surface area contributed by atoms with Crippen molar-refractivity contribution in [2.24, 2.45) is 5.92 Å². The van der Waals surface area contributed by atoms with Gasteiger partial charge in [0.05, 0.1) is 0 Å². The Bertz CT molecular complexity index is 358. The highest BCUT2D eigenvalue weighted by Gasteiger charge is 2.20. The minimum absolute atomic E-state index is 0.221. The Kier molecular flexibility index (Phi) is 4.49. The predicted molar refractivity (Wildman–Crippen MR) is 72.1 cm³/mol. The first-order valence-corrected chi connectivity index (χ1v) is 7.17. The van der Waals surface area contributed by atoms with Crippen LogP contribution in [0.2, 0.25) is 0 Å². The van der Waals surface area contributed by atoms with Gasteiger partial charge >= 0.3 is 0 Å². The van der Waals surface area contributed by atoms with E-state index in [0.29, 0.717) is 0 Å². The number of thioether (sulfide) groups is 1. The van der Waals surface area contributed by atoms with Crippen LogP contribution in [0.15, 0.2) is 35.2 Å². The number of piperidine rings is 1. The SMILES string of the molecule is CC(=O)N1CCC(CSc2ccccc2)CC1. The first kappa shape index (κ1) is 12.5. The molecule has 2 rings (SSSR count). The summed E-state index contributed by atoms with van der Waals surface area (Å²) in [6.45, 7) is 3.55. The number of rotatable bonds is 3. The molecule has 0 saturated carbocycles. The summed E-state index contributed by atoms with van der Waals surface area (Å²) >= 11 is 1.93. The Labute approximate surface area is 107 Å². The van der Waals surface area contributed by atoms with E-state index < -0.39 is 0 Å². The van der Waals surface area contributed by atoms with Crippen molar-refractivity contribution in [2.45, 2.75) is 24.7 Å². The Hall–Kier alpha value is -0.960. The maximum Gasteiger partial charge on any atom is 0.219 e. The van der Waals surface area contributed by atoms with Crippen LogP contribution in [0.1, 0.15) is 19.8 Å². The summed E-state index contributed by atoms with van der Waals surface area (Å²) in [6.07, 6.45) is 2.30. The van der Waals surface area contributed by atoms with Crippen LogP contribution in [-0.4, -0.2) is 29.6 Å². The van der Waals surface area contributed by atoms with Gasteiger partial charge in [0.2, 0.25) is 5.91 Å². The van der Waals surface area contributed by atoms with Gasteiger partial charge in [0.15, 0.2) is 0 Å². The van der Waals surface area contributed by atoms with Crippen molar-refractivity contribution in [3.8, 4) is 0 Å². The van der Waals surface area contributed by atoms with Crippen molar-refractivity contribution in [3.63, 3.8) is 0 Å². The highest BCUT2D eigenvalue weighted by Crippen LogP contribution is 2.26. The average Bonchev–Trinajstić information content (AvgIpc) is 2.38. The molecule has 1 heterocycles. The van der Waals surface area contributed by atoms with Crippen LogP contribution in [0, 0.1) is 5.92 Å². The molecule has 3 heteroatoms. The minimum atomic E-state index is 0.221. The third-order valence-electron chi connectivity index (χ3n) is 3.29. The third kappa shape index (κ3) is 3.77. The highest BCUT2D eigenvalue weighted by atomic mass is 32.2. The Morgan fingerprint density at radius 1 is 1.29 bits per heavy atom. The van der Waals surface area contributed by atoms with E-state index in [-0.39, 0.29) is 5.91 Å². The number of amides is 1. The second kappa shape index (κ2) is 6.10. The summed E-state index contributed by atoms with van der Waals surface area (Å²) < 4.78 is 0. The van der Waals surface area contributed by atoms with Gasteiger partial charge < -0.3 is 4.90 Å². The molecular formula is C14H19NOS. The molecule has 0 N–H and O–H groups in total. The number of carbonyl (C=O) groups is 1. The van der Waals surface area contributed by atoms with E-state index in [1.54, 1.807) is 6.92 Å². The third-order valence-corrected chi connectivity index (χ3v) is 4.53. The van der Waals surface area contributed by atoms with Gasteiger partial charge in [-0.25, -0.2) is 0 Å². The number of nitrogens with zero attached hydrogens (tertiary/aromatic N) is 1. The van der Waals surface area contributed by atoms with E-state index in [0.717, 1.165) is 31.8 Å². The molecule has 1 aromatic rings. The molecule has 0 unspecified atom stereocenters. The van der Waals surface area contributed by atoms with Gasteiger partial charge in [-0.2, -0.15) is 0 Å². The summed E-state index contributed by atoms with van der Waals surface area (Å²) in [6, 6.07) is 10.5. The second-order valence-corrected chi connectivity index (χ2v) is 5.67. The molecule has 1 saturated heterocycles. The lowest BCUT2D eigenvalue weighted by atomic mass is 9.99. The van der Waals surface area contributed by atoms with Crippen LogP contribution in [-0.2, 0) is 4.79 Å². The number of hydrogen-bond donors (Lipinski definition) is 0. The maximum atomic E-state index is 11.2. The molecule has 0 aliphatic carbocycles. The first-order chi connectivity index (χ1) is 8.25. The highest BCUT2D eigenvalue weighted by molar-refractivity contribution is 7.99. The standard InChI is InChI=1S/C14H19NOS/c1-12(16)15-9-7-13(8-10-15)11-17-14-5-3-2-4-6-14/h2-6,13H,7-11H2,1H3. The summed E-state index contributed by atoms with van der Waals surface area (Å²) in [7, 11) is 0. The topological polar surface area (TPSA) is 20.3 Å². The molecule has 0 atom stereocenters. The predicted octanol–water partition coefficient (Wildman–Crippen LogP) is 3.04. The van der Waals surface area contributed by atoms with Crippen LogP contribution in [0.4, 0.5) is 0 Å². The molecule has 0 spiro atoms. The van der Waals surface area contributed by atoms with Crippen LogP contribution >= 0.6 is 11.8 Å². The molecule has 2 nitrogen and oxygen atoms in total. The lowest BCUT2D eigenvalue weighted by Crippen LogP contribution is -2.37. The number of carbonyl (C=O) groups excluding carboxylic acids is 1. The van der Waals surface area contributed by atoms with Gasteiger partial charge in [-0.3, -0.25) is 4.79 Å². The molecule has 1 aliphatic heterocycles. The largest absolute Gasteiger partial charge is 0.343 e. The fraction of sp³-hybridized carbons (Fsp3) is 0.500. The van der Waals surface area contributed by atoms with Crippen LogP contribution < -0.4 is 0 Å². The molecule has 0 bridgehead atoms. The van der Waals surface area contributed by atoms with Crippen molar-refractivity contribution in [1.29, 1.82) is 0 Å². The quantitative estimate of drug-likeness (QED) is 0.767. The lowest BCUT2D eigenvalue weighted by molar-refractivity contribution is -0.130. The molecule has 0 aromatic heterocycles. The maximum absolute atomic E-state index is 11.2. The number of benzene rings is 1. The normalized spacial score (nSPS) is 17.1. The zero-order chi connectivity index (χ0) is 12.1. The summed E-state index contributed by atoms with van der Waals surface area (Å²) in [5.74, 6) is 2.16. The zero-order valence-corrected chi connectivity index (χ0v) is 11.1. The van der Waals surface area contributed by atoms with E-state index in [2.05, 4.69) is 30.3 Å². The van der Waals surface area contributed by atoms with Crippen molar-refractivity contribution >= 4 is 17.7 Å². The van der Waals surface area contributed by atoms with Crippen molar-refractivity contribution in [3.05, 3.63) is 30.3 Å². The smallest absolute Gasteiger partial charge is 0.219 e. The monoisotopic (exact) mass is 249 g/mol. The number of likely N-dealkylation sites (tertiary alicyclic amines) is 1. The van der Waals surface area contributed by atoms with Crippen LogP contribution in [0.5, 0.6) is 0 Å². The fourth-order valence-corrected chi connectivity index (χ4v) is 3.26. The summed E-state index contributed by atoms with van der Waals surface area (Å²) in [5.41, 5.74) is 0. The van der Waals surface area contributed by atoms with Gasteiger partial charge in [-0.05, 0) is 30.9 Å².